The molecular weight excluding hydrogens is 602 g/mol. The first-order valence-electron chi connectivity index (χ1n) is 17.0. The monoisotopic (exact) mass is 659 g/mol. The number of unbranched alkanes of at least 4 members (excludes halogenated alkanes) is 18. The second-order valence-corrected chi connectivity index (χ2v) is 13.6. The Morgan fingerprint density at radius 1 is 0.535 bits per heavy atom. The Labute approximate surface area is 275 Å². The number of carbonyl (C=O) groups is 2. The van der Waals surface area contributed by atoms with Crippen molar-refractivity contribution >= 4 is 47.1 Å². The van der Waals surface area contributed by atoms with Gasteiger partial charge < -0.3 is 9.47 Å². The van der Waals surface area contributed by atoms with Crippen molar-refractivity contribution in [3.8, 4) is 0 Å². The van der Waals surface area contributed by atoms with Crippen LogP contribution in [-0.2, 0) is 19.1 Å². The van der Waals surface area contributed by atoms with Gasteiger partial charge in [-0.25, -0.2) is 0 Å². The van der Waals surface area contributed by atoms with Gasteiger partial charge in [0, 0.05) is 11.5 Å². The summed E-state index contributed by atoms with van der Waals surface area (Å²) in [4.78, 5) is 36.8. The Hall–Kier alpha value is -1.06. The predicted octanol–water partition coefficient (Wildman–Crippen LogP) is 10.4. The molecule has 43 heavy (non-hydrogen) atoms. The third-order valence-corrected chi connectivity index (χ3v) is 9.03. The first-order valence-corrected chi connectivity index (χ1v) is 19.4. The highest BCUT2D eigenvalue weighted by molar-refractivity contribution is 7.99. The molecule has 0 aromatic carbocycles. The van der Waals surface area contributed by atoms with E-state index in [9.17, 15) is 9.59 Å². The maximum atomic E-state index is 12.1. The molecule has 0 saturated carbocycles. The number of thioether (sulfide) groups is 2. The summed E-state index contributed by atoms with van der Waals surface area (Å²) in [5, 5.41) is 1.04. The highest BCUT2D eigenvalue weighted by atomic mass is 35.5. The van der Waals surface area contributed by atoms with Gasteiger partial charge in [0.15, 0.2) is 10.3 Å². The maximum absolute atomic E-state index is 12.1. The van der Waals surface area contributed by atoms with E-state index >= 15 is 0 Å². The second-order valence-electron chi connectivity index (χ2n) is 11.2. The van der Waals surface area contributed by atoms with Crippen LogP contribution >= 0.6 is 35.1 Å². The third-order valence-electron chi connectivity index (χ3n) is 7.16. The Morgan fingerprint density at radius 3 is 1.21 bits per heavy atom. The van der Waals surface area contributed by atoms with E-state index in [1.165, 1.54) is 126 Å². The van der Waals surface area contributed by atoms with Crippen molar-refractivity contribution in [2.75, 3.05) is 24.7 Å². The molecule has 0 aliphatic heterocycles. The SMILES string of the molecule is CCCCCCCCCCCCOC(=O)CCSc1nc(Cl)nc(SCCC(=O)OCCCCCCCCCCCC)n1. The highest BCUT2D eigenvalue weighted by Crippen LogP contribution is 2.22. The number of carbonyl (C=O) groups excluding carboxylic acids is 2. The highest BCUT2D eigenvalue weighted by Gasteiger charge is 2.10. The Morgan fingerprint density at radius 2 is 0.860 bits per heavy atom. The van der Waals surface area contributed by atoms with Crippen LogP contribution in [-0.4, -0.2) is 51.6 Å². The molecule has 1 heterocycles. The Kier molecular flexibility index (Phi) is 27.5. The molecule has 0 bridgehead atoms. The largest absolute Gasteiger partial charge is 0.466 e. The average Bonchev–Trinajstić information content (AvgIpc) is 2.98. The molecule has 1 aromatic heterocycles. The lowest BCUT2D eigenvalue weighted by Crippen LogP contribution is -2.07. The van der Waals surface area contributed by atoms with Crippen LogP contribution in [0.2, 0.25) is 5.28 Å². The van der Waals surface area contributed by atoms with Gasteiger partial charge in [0.25, 0.3) is 0 Å². The molecule has 1 aromatic rings. The Bertz CT molecular complexity index is 773. The number of ether oxygens (including phenoxy) is 2. The summed E-state index contributed by atoms with van der Waals surface area (Å²) < 4.78 is 10.7. The van der Waals surface area contributed by atoms with Crippen LogP contribution in [0.1, 0.15) is 155 Å². The number of esters is 2. The lowest BCUT2D eigenvalue weighted by Gasteiger charge is -2.06. The quantitative estimate of drug-likeness (QED) is 0.0454. The molecule has 0 atom stereocenters. The van der Waals surface area contributed by atoms with Crippen LogP contribution in [0, 0.1) is 0 Å². The molecule has 0 N–H and O–H groups in total. The minimum atomic E-state index is -0.200. The van der Waals surface area contributed by atoms with Crippen LogP contribution in [0.25, 0.3) is 0 Å². The standard InChI is InChI=1S/C33H58ClN3O4S2/c1-3-5-7-9-11-13-15-17-19-21-25-40-29(38)23-27-42-32-35-31(34)36-33(37-32)43-28-24-30(39)41-26-22-20-18-16-14-12-10-8-6-4-2/h3-28H2,1-2H3. The fraction of sp³-hybridized carbons (Fsp3) is 0.848. The third kappa shape index (κ3) is 25.9. The van der Waals surface area contributed by atoms with Gasteiger partial charge in [0.05, 0.1) is 26.1 Å². The van der Waals surface area contributed by atoms with E-state index in [1.54, 1.807) is 0 Å². The van der Waals surface area contributed by atoms with Crippen molar-refractivity contribution in [2.45, 2.75) is 165 Å². The fourth-order valence-corrected chi connectivity index (χ4v) is 6.42. The Balaban J connectivity index is 2.06. The van der Waals surface area contributed by atoms with Crippen LogP contribution < -0.4 is 0 Å². The van der Waals surface area contributed by atoms with E-state index in [-0.39, 0.29) is 17.2 Å². The summed E-state index contributed by atoms with van der Waals surface area (Å²) in [6, 6.07) is 0. The average molecular weight is 660 g/mol. The van der Waals surface area contributed by atoms with Gasteiger partial charge in [-0.15, -0.1) is 0 Å². The first-order chi connectivity index (χ1) is 21.0. The zero-order chi connectivity index (χ0) is 31.2. The molecule has 0 amide bonds. The molecule has 0 aliphatic carbocycles. The molecule has 0 spiro atoms. The van der Waals surface area contributed by atoms with Crippen LogP contribution in [0.4, 0.5) is 0 Å². The molecule has 10 heteroatoms. The summed E-state index contributed by atoms with van der Waals surface area (Å²) in [5.41, 5.74) is 0. The molecule has 0 fully saturated rings. The topological polar surface area (TPSA) is 91.3 Å². The van der Waals surface area contributed by atoms with Crippen molar-refractivity contribution in [3.05, 3.63) is 5.28 Å². The summed E-state index contributed by atoms with van der Waals surface area (Å²) >= 11 is 8.77. The zero-order valence-corrected chi connectivity index (χ0v) is 29.4. The van der Waals surface area contributed by atoms with Crippen molar-refractivity contribution in [1.29, 1.82) is 0 Å². The van der Waals surface area contributed by atoms with Gasteiger partial charge in [0.1, 0.15) is 0 Å². The summed E-state index contributed by atoms with van der Waals surface area (Å²) in [6.07, 6.45) is 25.7. The van der Waals surface area contributed by atoms with Gasteiger partial charge in [0.2, 0.25) is 5.28 Å². The summed E-state index contributed by atoms with van der Waals surface area (Å²) in [5.74, 6) is 0.614. The van der Waals surface area contributed by atoms with Gasteiger partial charge in [-0.3, -0.25) is 9.59 Å². The minimum absolute atomic E-state index is 0.104. The lowest BCUT2D eigenvalue weighted by atomic mass is 10.1. The summed E-state index contributed by atoms with van der Waals surface area (Å²) in [6.45, 7) is 5.47. The number of halogens is 1. The maximum Gasteiger partial charge on any atom is 0.306 e. The number of hydrogen-bond donors (Lipinski definition) is 0. The molecule has 7 nitrogen and oxygen atoms in total. The smallest absolute Gasteiger partial charge is 0.306 e. The van der Waals surface area contributed by atoms with E-state index in [1.807, 2.05) is 0 Å². The summed E-state index contributed by atoms with van der Waals surface area (Å²) in [7, 11) is 0. The fourth-order valence-electron chi connectivity index (χ4n) is 4.59. The first kappa shape index (κ1) is 40.0. The zero-order valence-electron chi connectivity index (χ0n) is 27.1. The predicted molar refractivity (Wildman–Crippen MR) is 181 cm³/mol. The normalized spacial score (nSPS) is 11.1. The lowest BCUT2D eigenvalue weighted by molar-refractivity contribution is -0.144. The van der Waals surface area contributed by atoms with Gasteiger partial charge in [-0.05, 0) is 24.4 Å². The van der Waals surface area contributed by atoms with E-state index in [2.05, 4.69) is 28.8 Å². The molecule has 0 unspecified atom stereocenters. The minimum Gasteiger partial charge on any atom is -0.466 e. The molecule has 248 valence electrons. The number of aromatic nitrogens is 3. The van der Waals surface area contributed by atoms with E-state index in [4.69, 9.17) is 21.1 Å². The van der Waals surface area contributed by atoms with Gasteiger partial charge in [-0.2, -0.15) is 15.0 Å². The van der Waals surface area contributed by atoms with Crippen LogP contribution in [0.15, 0.2) is 10.3 Å². The van der Waals surface area contributed by atoms with E-state index < -0.39 is 0 Å². The molecule has 0 saturated heterocycles. The molecule has 0 radical (unpaired) electrons. The molecule has 1 rings (SSSR count). The van der Waals surface area contributed by atoms with Crippen LogP contribution in [0.5, 0.6) is 0 Å². The van der Waals surface area contributed by atoms with Crippen molar-refractivity contribution < 1.29 is 19.1 Å². The molecule has 0 aliphatic rings. The second kappa shape index (κ2) is 29.6. The van der Waals surface area contributed by atoms with Crippen molar-refractivity contribution in [3.63, 3.8) is 0 Å². The van der Waals surface area contributed by atoms with E-state index in [0.29, 0.717) is 47.9 Å². The van der Waals surface area contributed by atoms with E-state index in [0.717, 1.165) is 25.7 Å². The van der Waals surface area contributed by atoms with Crippen LogP contribution in [0.3, 0.4) is 0 Å². The van der Waals surface area contributed by atoms with Crippen molar-refractivity contribution in [1.82, 2.24) is 15.0 Å². The van der Waals surface area contributed by atoms with Gasteiger partial charge >= 0.3 is 11.9 Å². The molecular formula is C33H58ClN3O4S2. The van der Waals surface area contributed by atoms with Gasteiger partial charge in [-0.1, -0.05) is 153 Å². The number of hydrogen-bond acceptors (Lipinski definition) is 9. The number of rotatable bonds is 30. The number of nitrogens with zero attached hydrogens (tertiary/aromatic N) is 3. The van der Waals surface area contributed by atoms with Crippen molar-refractivity contribution in [2.24, 2.45) is 0 Å².